The lowest BCUT2D eigenvalue weighted by Gasteiger charge is -2.29. The predicted octanol–water partition coefficient (Wildman–Crippen LogP) is 3.38. The minimum absolute atomic E-state index is 0.0805. The normalized spacial score (nSPS) is 17.7. The Kier molecular flexibility index (Phi) is 6.90. The first-order chi connectivity index (χ1) is 11.2. The Hall–Kier alpha value is -1.55. The molecule has 1 aliphatic rings. The first-order valence-electron chi connectivity index (χ1n) is 8.82. The van der Waals surface area contributed by atoms with Crippen LogP contribution >= 0.6 is 0 Å². The summed E-state index contributed by atoms with van der Waals surface area (Å²) in [6, 6.07) is 8.34. The molecule has 1 amide bonds. The fourth-order valence-electron chi connectivity index (χ4n) is 3.37. The number of likely N-dealkylation sites (tertiary alicyclic amines) is 1. The molecule has 1 aliphatic heterocycles. The van der Waals surface area contributed by atoms with Crippen LogP contribution in [-0.2, 0) is 4.79 Å². The Labute approximate surface area is 140 Å². The molecule has 1 fully saturated rings. The fraction of sp³-hybridized carbons (Fsp3) is 0.632. The maximum atomic E-state index is 12.3. The van der Waals surface area contributed by atoms with E-state index in [1.165, 1.54) is 18.4 Å². The summed E-state index contributed by atoms with van der Waals surface area (Å²) >= 11 is 0. The smallest absolute Gasteiger partial charge is 0.222 e. The summed E-state index contributed by atoms with van der Waals surface area (Å²) in [5.41, 5.74) is 1.17. The van der Waals surface area contributed by atoms with Crippen molar-refractivity contribution in [2.45, 2.75) is 45.6 Å². The first kappa shape index (κ1) is 17.8. The van der Waals surface area contributed by atoms with Crippen LogP contribution < -0.4 is 10.1 Å². The molecule has 0 aliphatic carbocycles. The number of benzene rings is 1. The van der Waals surface area contributed by atoms with Gasteiger partial charge in [0.15, 0.2) is 0 Å². The number of amides is 1. The highest BCUT2D eigenvalue weighted by Crippen LogP contribution is 2.31. The van der Waals surface area contributed by atoms with Crippen LogP contribution in [0.15, 0.2) is 24.3 Å². The Morgan fingerprint density at radius 2 is 2.00 bits per heavy atom. The summed E-state index contributed by atoms with van der Waals surface area (Å²) in [6.45, 7) is 6.94. The summed E-state index contributed by atoms with van der Waals surface area (Å²) in [4.78, 5) is 14.7. The third-order valence-electron chi connectivity index (χ3n) is 4.72. The van der Waals surface area contributed by atoms with Crippen LogP contribution in [0.2, 0.25) is 0 Å². The van der Waals surface area contributed by atoms with Gasteiger partial charge in [0.25, 0.3) is 0 Å². The minimum Gasteiger partial charge on any atom is -0.496 e. The highest BCUT2D eigenvalue weighted by Gasteiger charge is 2.26. The van der Waals surface area contributed by atoms with Gasteiger partial charge in [-0.05, 0) is 38.4 Å². The van der Waals surface area contributed by atoms with E-state index >= 15 is 0 Å². The van der Waals surface area contributed by atoms with E-state index in [0.717, 1.165) is 31.7 Å². The van der Waals surface area contributed by atoms with Gasteiger partial charge in [0.1, 0.15) is 5.75 Å². The lowest BCUT2D eigenvalue weighted by atomic mass is 10.0. The molecule has 23 heavy (non-hydrogen) atoms. The summed E-state index contributed by atoms with van der Waals surface area (Å²) in [6.07, 6.45) is 4.43. The largest absolute Gasteiger partial charge is 0.496 e. The van der Waals surface area contributed by atoms with Gasteiger partial charge in [-0.2, -0.15) is 0 Å². The van der Waals surface area contributed by atoms with Crippen molar-refractivity contribution in [1.29, 1.82) is 0 Å². The highest BCUT2D eigenvalue weighted by molar-refractivity contribution is 5.78. The number of ether oxygens (including phenoxy) is 1. The minimum atomic E-state index is 0.0805. The molecule has 1 aromatic rings. The van der Waals surface area contributed by atoms with Gasteiger partial charge in [0.05, 0.1) is 13.2 Å². The number of carbonyl (C=O) groups is 1. The number of methoxy groups -OCH3 is 1. The standard InChI is InChI=1S/C19H30N2O2/c1-4-9-15(2)19(22)20-14-17(21-12-7-8-13-21)16-10-5-6-11-18(16)23-3/h5-6,10-11,15,17H,4,7-9,12-14H2,1-3H3,(H,20,22). The zero-order valence-electron chi connectivity index (χ0n) is 14.7. The van der Waals surface area contributed by atoms with E-state index in [1.807, 2.05) is 25.1 Å². The van der Waals surface area contributed by atoms with Crippen molar-refractivity contribution >= 4 is 5.91 Å². The second-order valence-electron chi connectivity index (χ2n) is 6.44. The Balaban J connectivity index is 2.10. The monoisotopic (exact) mass is 318 g/mol. The van der Waals surface area contributed by atoms with Crippen LogP contribution in [0.1, 0.15) is 51.1 Å². The quantitative estimate of drug-likeness (QED) is 0.799. The molecule has 2 rings (SSSR count). The van der Waals surface area contributed by atoms with Gasteiger partial charge >= 0.3 is 0 Å². The molecular formula is C19H30N2O2. The Morgan fingerprint density at radius 1 is 1.30 bits per heavy atom. The number of nitrogens with one attached hydrogen (secondary N) is 1. The van der Waals surface area contributed by atoms with Crippen LogP contribution in [0.3, 0.4) is 0 Å². The molecule has 4 nitrogen and oxygen atoms in total. The van der Waals surface area contributed by atoms with Gasteiger partial charge in [-0.3, -0.25) is 9.69 Å². The van der Waals surface area contributed by atoms with E-state index in [-0.39, 0.29) is 17.9 Å². The molecule has 1 aromatic carbocycles. The Morgan fingerprint density at radius 3 is 2.65 bits per heavy atom. The second-order valence-corrected chi connectivity index (χ2v) is 6.44. The van der Waals surface area contributed by atoms with Gasteiger partial charge in [0.2, 0.25) is 5.91 Å². The molecule has 4 heteroatoms. The zero-order valence-corrected chi connectivity index (χ0v) is 14.7. The molecule has 128 valence electrons. The van der Waals surface area contributed by atoms with Crippen molar-refractivity contribution in [3.8, 4) is 5.75 Å². The maximum absolute atomic E-state index is 12.3. The number of carbonyl (C=O) groups excluding carboxylic acids is 1. The summed E-state index contributed by atoms with van der Waals surface area (Å²) in [5.74, 6) is 1.14. The summed E-state index contributed by atoms with van der Waals surface area (Å²) < 4.78 is 5.54. The highest BCUT2D eigenvalue weighted by atomic mass is 16.5. The van der Waals surface area contributed by atoms with Gasteiger partial charge in [0, 0.05) is 18.0 Å². The molecule has 0 bridgehead atoms. The molecule has 1 N–H and O–H groups in total. The number of nitrogens with zero attached hydrogens (tertiary/aromatic N) is 1. The van der Waals surface area contributed by atoms with Crippen molar-refractivity contribution < 1.29 is 9.53 Å². The first-order valence-corrected chi connectivity index (χ1v) is 8.82. The molecule has 2 atom stereocenters. The van der Waals surface area contributed by atoms with E-state index in [2.05, 4.69) is 23.2 Å². The van der Waals surface area contributed by atoms with Crippen molar-refractivity contribution in [2.24, 2.45) is 5.92 Å². The van der Waals surface area contributed by atoms with E-state index in [9.17, 15) is 4.79 Å². The van der Waals surface area contributed by atoms with Crippen LogP contribution in [-0.4, -0.2) is 37.6 Å². The maximum Gasteiger partial charge on any atom is 0.222 e. The lowest BCUT2D eigenvalue weighted by Crippen LogP contribution is -2.38. The van der Waals surface area contributed by atoms with Gasteiger partial charge in [-0.1, -0.05) is 38.5 Å². The molecule has 0 spiro atoms. The molecule has 1 saturated heterocycles. The third-order valence-corrected chi connectivity index (χ3v) is 4.72. The van der Waals surface area contributed by atoms with E-state index < -0.39 is 0 Å². The molecule has 1 heterocycles. The second kappa shape index (κ2) is 8.92. The number of hydrogen-bond donors (Lipinski definition) is 1. The van der Waals surface area contributed by atoms with E-state index in [0.29, 0.717) is 6.54 Å². The topological polar surface area (TPSA) is 41.6 Å². The molecule has 2 unspecified atom stereocenters. The molecular weight excluding hydrogens is 288 g/mol. The molecule has 0 radical (unpaired) electrons. The number of rotatable bonds is 8. The Bertz CT molecular complexity index is 498. The van der Waals surface area contributed by atoms with Gasteiger partial charge in [-0.25, -0.2) is 0 Å². The van der Waals surface area contributed by atoms with E-state index in [4.69, 9.17) is 4.74 Å². The van der Waals surface area contributed by atoms with Crippen molar-refractivity contribution in [1.82, 2.24) is 10.2 Å². The number of hydrogen-bond acceptors (Lipinski definition) is 3. The molecule has 0 aromatic heterocycles. The van der Waals surface area contributed by atoms with Crippen LogP contribution in [0.25, 0.3) is 0 Å². The number of para-hydroxylation sites is 1. The third kappa shape index (κ3) is 4.71. The fourth-order valence-corrected chi connectivity index (χ4v) is 3.37. The van der Waals surface area contributed by atoms with Crippen molar-refractivity contribution in [2.75, 3.05) is 26.7 Å². The average molecular weight is 318 g/mol. The molecule has 0 saturated carbocycles. The lowest BCUT2D eigenvalue weighted by molar-refractivity contribution is -0.124. The van der Waals surface area contributed by atoms with Gasteiger partial charge < -0.3 is 10.1 Å². The van der Waals surface area contributed by atoms with Crippen molar-refractivity contribution in [3.63, 3.8) is 0 Å². The van der Waals surface area contributed by atoms with Crippen molar-refractivity contribution in [3.05, 3.63) is 29.8 Å². The SMILES string of the molecule is CCCC(C)C(=O)NCC(c1ccccc1OC)N1CCCC1. The zero-order chi connectivity index (χ0) is 16.7. The predicted molar refractivity (Wildman–Crippen MR) is 93.6 cm³/mol. The van der Waals surface area contributed by atoms with E-state index in [1.54, 1.807) is 7.11 Å². The summed E-state index contributed by atoms with van der Waals surface area (Å²) in [7, 11) is 1.71. The average Bonchev–Trinajstić information content (AvgIpc) is 3.09. The summed E-state index contributed by atoms with van der Waals surface area (Å²) in [5, 5.41) is 3.16. The van der Waals surface area contributed by atoms with Gasteiger partial charge in [-0.15, -0.1) is 0 Å². The van der Waals surface area contributed by atoms with Crippen LogP contribution in [0.4, 0.5) is 0 Å². The van der Waals surface area contributed by atoms with Crippen LogP contribution in [0, 0.1) is 5.92 Å². The van der Waals surface area contributed by atoms with Crippen LogP contribution in [0.5, 0.6) is 5.75 Å².